The molecule has 6 saturated heterocycles. The number of halogens is 3. The Morgan fingerprint density at radius 3 is 1.84 bits per heavy atom. The van der Waals surface area contributed by atoms with E-state index in [2.05, 4.69) is 10.6 Å². The van der Waals surface area contributed by atoms with Crippen molar-refractivity contribution in [1.29, 1.82) is 0 Å². The highest BCUT2D eigenvalue weighted by atomic mass is 19.4. The molecule has 0 radical (unpaired) electrons. The molecule has 4 saturated carbocycles. The summed E-state index contributed by atoms with van der Waals surface area (Å²) in [6.07, 6.45) is 7.22. The molecule has 7 heterocycles. The van der Waals surface area contributed by atoms with E-state index in [1.165, 1.54) is 120 Å². The number of carbonyl (C=O) groups excluding carboxylic acids is 12. The molecule has 29 heteroatoms. The Kier molecular flexibility index (Phi) is 30.0. The molecule has 0 aromatic rings. The molecule has 6 bridgehead atoms. The molecule has 108 heavy (non-hydrogen) atoms. The van der Waals surface area contributed by atoms with Crippen LogP contribution in [0.4, 0.5) is 13.2 Å². The summed E-state index contributed by atoms with van der Waals surface area (Å²) >= 11 is 0. The van der Waals surface area contributed by atoms with E-state index in [0.29, 0.717) is 38.0 Å². The second kappa shape index (κ2) is 37.4. The van der Waals surface area contributed by atoms with Gasteiger partial charge in [-0.3, -0.25) is 57.5 Å². The summed E-state index contributed by atoms with van der Waals surface area (Å²) in [6, 6.07) is -10.0. The van der Waals surface area contributed by atoms with Crippen molar-refractivity contribution in [3.05, 3.63) is 12.2 Å². The molecule has 2 N–H and O–H groups in total. The van der Waals surface area contributed by atoms with E-state index >= 15 is 43.2 Å². The third-order valence-electron chi connectivity index (χ3n) is 25.4. The summed E-state index contributed by atoms with van der Waals surface area (Å²) in [5.41, 5.74) is -2.12. The molecule has 7 aliphatic heterocycles. The molecule has 608 valence electrons. The number of hydrogen-bond acceptors (Lipinski definition) is 14. The molecule has 4 aliphatic carbocycles. The third-order valence-corrected chi connectivity index (χ3v) is 25.4. The van der Waals surface area contributed by atoms with Gasteiger partial charge in [0.25, 0.3) is 0 Å². The molecule has 12 amide bonds. The minimum absolute atomic E-state index is 0.0147. The van der Waals surface area contributed by atoms with Gasteiger partial charge < -0.3 is 69.1 Å². The van der Waals surface area contributed by atoms with Crippen LogP contribution in [-0.4, -0.2) is 295 Å². The van der Waals surface area contributed by atoms with E-state index < -0.39 is 186 Å². The number of methoxy groups -OCH3 is 1. The number of carbonyl (C=O) groups is 12. The van der Waals surface area contributed by atoms with Crippen LogP contribution in [0.1, 0.15) is 202 Å². The van der Waals surface area contributed by atoms with Crippen LogP contribution in [0.25, 0.3) is 0 Å². The van der Waals surface area contributed by atoms with Crippen molar-refractivity contribution in [2.75, 3.05) is 103 Å². The van der Waals surface area contributed by atoms with Crippen molar-refractivity contribution in [3.63, 3.8) is 0 Å². The van der Waals surface area contributed by atoms with Crippen LogP contribution in [0, 0.1) is 40.9 Å². The van der Waals surface area contributed by atoms with Gasteiger partial charge in [-0.1, -0.05) is 110 Å². The Labute approximate surface area is 638 Å². The average Bonchev–Trinajstić information content (AvgIpc) is 0.936. The number of nitrogens with one attached hydrogen (secondary N) is 2. The molecular formula is C79H127F3N12O14. The lowest BCUT2D eigenvalue weighted by Gasteiger charge is -2.58. The number of ether oxygens (including phenoxy) is 2. The molecule has 26 nitrogen and oxygen atoms in total. The monoisotopic (exact) mass is 1520 g/mol. The normalized spacial score (nSPS) is 32.4. The summed E-state index contributed by atoms with van der Waals surface area (Å²) in [7, 11) is 14.5. The van der Waals surface area contributed by atoms with Crippen molar-refractivity contribution >= 4 is 70.9 Å². The topological polar surface area (TPSA) is 280 Å². The zero-order chi connectivity index (χ0) is 79.6. The first kappa shape index (κ1) is 86.7. The maximum Gasteiger partial charge on any atom is 0.394 e. The molecule has 1 spiro atoms. The van der Waals surface area contributed by atoms with Crippen molar-refractivity contribution in [1.82, 2.24) is 59.6 Å². The summed E-state index contributed by atoms with van der Waals surface area (Å²) in [4.78, 5) is 198. The van der Waals surface area contributed by atoms with Crippen molar-refractivity contribution < 1.29 is 80.2 Å². The van der Waals surface area contributed by atoms with Gasteiger partial charge in [-0.25, -0.2) is 0 Å². The van der Waals surface area contributed by atoms with Crippen LogP contribution in [0.5, 0.6) is 0 Å². The van der Waals surface area contributed by atoms with Gasteiger partial charge in [0.2, 0.25) is 70.9 Å². The first-order valence-electron chi connectivity index (χ1n) is 40.0. The average molecular weight is 1530 g/mol. The quantitative estimate of drug-likeness (QED) is 0.236. The van der Waals surface area contributed by atoms with E-state index in [9.17, 15) is 27.6 Å². The zero-order valence-electron chi connectivity index (χ0n) is 67.1. The van der Waals surface area contributed by atoms with Crippen molar-refractivity contribution in [3.8, 4) is 0 Å². The number of rotatable bonds is 9. The predicted molar refractivity (Wildman–Crippen MR) is 398 cm³/mol. The fraction of sp³-hybridized carbons (Fsp3) is 0.823. The lowest BCUT2D eigenvalue weighted by atomic mass is 9.57. The maximum atomic E-state index is 16.1. The number of likely N-dealkylation sites (N-methyl/N-ethyl adjacent to an activating group) is 8. The standard InChI is InChI=1S/C79H127F3N12O14/c1-16-108-54-42-61-72(102)92(14)78(47-77(4,5)48-78)76(106)91(13)67(53-27-23-24-28-53)75(105)90(12)59(70(100)85(6)7)43-64(96)88(10)57-29-21-18-17-20-26-50-31-33-51(34-32-50)40-60(93-39-25-19-22-30-58(73(93)103)89(11)65(97)46-87(9)74(104)66(49(2)3)84-68(57)98)71(101)86(8)45-63(95)83-56(69(99)94(61)44-54)38-36-52-35-37-55(79(80,81)82)62(41-52)107-15/h19,22,49-62,66-67H,16-18,20-21,23-48H2,1-15H3,(H,83,95)(H,84,98)/b22-19-/t50?,51?,52?,54-,55?,56+,57+,58+,59+,60+,61+,62?,66+,67+/m1/s1. The van der Waals surface area contributed by atoms with E-state index in [1.54, 1.807) is 26.8 Å². The van der Waals surface area contributed by atoms with E-state index in [1.807, 2.05) is 19.9 Å². The van der Waals surface area contributed by atoms with Gasteiger partial charge in [0.15, 0.2) is 0 Å². The van der Waals surface area contributed by atoms with Gasteiger partial charge in [-0.05, 0) is 125 Å². The lowest BCUT2D eigenvalue weighted by molar-refractivity contribution is -0.215. The van der Waals surface area contributed by atoms with Crippen molar-refractivity contribution in [2.24, 2.45) is 40.9 Å². The molecule has 11 aliphatic rings. The maximum absolute atomic E-state index is 16.1. The summed E-state index contributed by atoms with van der Waals surface area (Å²) < 4.78 is 54.8. The largest absolute Gasteiger partial charge is 0.394 e. The third kappa shape index (κ3) is 20.4. The predicted octanol–water partition coefficient (Wildman–Crippen LogP) is 6.41. The van der Waals surface area contributed by atoms with Gasteiger partial charge in [0.1, 0.15) is 53.9 Å². The molecule has 11 rings (SSSR count). The number of alkyl halides is 3. The van der Waals surface area contributed by atoms with Gasteiger partial charge in [0, 0.05) is 96.7 Å². The molecule has 12 atom stereocenters. The van der Waals surface area contributed by atoms with Crippen LogP contribution in [0.2, 0.25) is 0 Å². The SMILES string of the molecule is CCO[C@@H]1C[C@H]2C(=O)N(C)C3(CC(C)(C)C3)C(=O)N(C)[C@@H](C3CCCC3)C(=O)N(C)[C@H](C(=O)N(C)C)CC(=O)N(C)[C@H]3CCCCCCC4CCC(CC4)C[C@@H](C(=O)N(C)CC(=O)N[C@@H](CCC4CCC(C(F)(F)F)C(OC)C4)C(=O)N2C1)N1CC/C=C\C[C@@H](C1=O)N(C)C(=O)CN(C)C(=O)[C@H](C(C)C)NC3=O. The van der Waals surface area contributed by atoms with E-state index in [-0.39, 0.29) is 102 Å². The lowest BCUT2D eigenvalue weighted by Crippen LogP contribution is -2.71. The Morgan fingerprint density at radius 1 is 0.620 bits per heavy atom. The molecule has 10 fully saturated rings. The van der Waals surface area contributed by atoms with Crippen LogP contribution in [-0.2, 0) is 67.0 Å². The molecular weight excluding hydrogens is 1400 g/mol. The second-order valence-corrected chi connectivity index (χ2v) is 34.2. The van der Waals surface area contributed by atoms with Crippen LogP contribution < -0.4 is 10.6 Å². The van der Waals surface area contributed by atoms with Crippen LogP contribution >= 0.6 is 0 Å². The molecule has 0 aromatic carbocycles. The summed E-state index contributed by atoms with van der Waals surface area (Å²) in [5.74, 6) is -10.3. The highest BCUT2D eigenvalue weighted by molar-refractivity contribution is 6.01. The molecule has 3 unspecified atom stereocenters. The number of hydrogen-bond donors (Lipinski definition) is 2. The Bertz CT molecular complexity index is 3240. The highest BCUT2D eigenvalue weighted by Crippen LogP contribution is 2.53. The van der Waals surface area contributed by atoms with Crippen LogP contribution in [0.15, 0.2) is 12.2 Å². The smallest absolute Gasteiger partial charge is 0.381 e. The second-order valence-electron chi connectivity index (χ2n) is 34.2. The van der Waals surface area contributed by atoms with Gasteiger partial charge in [-0.15, -0.1) is 0 Å². The fourth-order valence-electron chi connectivity index (χ4n) is 19.0. The summed E-state index contributed by atoms with van der Waals surface area (Å²) in [5, 5.41) is 5.86. The zero-order valence-corrected chi connectivity index (χ0v) is 67.1. The fourth-order valence-corrected chi connectivity index (χ4v) is 19.0. The highest BCUT2D eigenvalue weighted by Gasteiger charge is 2.62. The number of amides is 12. The summed E-state index contributed by atoms with van der Waals surface area (Å²) in [6.45, 7) is 8.15. The van der Waals surface area contributed by atoms with E-state index in [4.69, 9.17) is 9.47 Å². The van der Waals surface area contributed by atoms with Gasteiger partial charge in [0.05, 0.1) is 37.6 Å². The first-order valence-corrected chi connectivity index (χ1v) is 40.0. The Morgan fingerprint density at radius 2 is 1.23 bits per heavy atom. The van der Waals surface area contributed by atoms with Crippen molar-refractivity contribution in [2.45, 2.75) is 274 Å². The van der Waals surface area contributed by atoms with E-state index in [0.717, 1.165) is 57.8 Å². The molecule has 0 aromatic heterocycles. The van der Waals surface area contributed by atoms with Gasteiger partial charge >= 0.3 is 6.18 Å². The minimum Gasteiger partial charge on any atom is -0.381 e. The van der Waals surface area contributed by atoms with Gasteiger partial charge in [-0.2, -0.15) is 13.2 Å². The Hall–Kier alpha value is -6.91. The van der Waals surface area contributed by atoms with Crippen LogP contribution in [0.3, 0.4) is 0 Å². The minimum atomic E-state index is -4.52. The Balaban J connectivity index is 1.25. The first-order chi connectivity index (χ1) is 50.9. The number of nitrogens with zero attached hydrogens (tertiary/aromatic N) is 10.